The van der Waals surface area contributed by atoms with Gasteiger partial charge in [-0.05, 0) is 55.0 Å². The average molecular weight is 464 g/mol. The molecular formula is C24H21N3O5S. The van der Waals surface area contributed by atoms with Crippen LogP contribution in [0.4, 0.5) is 0 Å². The van der Waals surface area contributed by atoms with Crippen molar-refractivity contribution in [2.75, 3.05) is 13.2 Å². The molecule has 0 radical (unpaired) electrons. The van der Waals surface area contributed by atoms with Gasteiger partial charge < -0.3 is 14.2 Å². The summed E-state index contributed by atoms with van der Waals surface area (Å²) in [5, 5.41) is 4.37. The topological polar surface area (TPSA) is 92.0 Å². The number of hydrogen-bond acceptors (Lipinski definition) is 8. The van der Waals surface area contributed by atoms with Gasteiger partial charge in [0.1, 0.15) is 12.4 Å². The van der Waals surface area contributed by atoms with E-state index in [4.69, 9.17) is 14.2 Å². The van der Waals surface area contributed by atoms with Crippen LogP contribution in [0.15, 0.2) is 59.9 Å². The lowest BCUT2D eigenvalue weighted by Gasteiger charge is -2.10. The zero-order valence-electron chi connectivity index (χ0n) is 18.1. The smallest absolute Gasteiger partial charge is 0.308 e. The predicted octanol–water partition coefficient (Wildman–Crippen LogP) is 3.25. The Hall–Kier alpha value is -3.98. The van der Waals surface area contributed by atoms with Crippen LogP contribution in [0.5, 0.6) is 17.2 Å². The molecule has 0 N–H and O–H groups in total. The molecule has 0 fully saturated rings. The van der Waals surface area contributed by atoms with E-state index < -0.39 is 5.97 Å². The summed E-state index contributed by atoms with van der Waals surface area (Å²) in [6, 6.07) is 12.4. The molecule has 2 aromatic heterocycles. The number of benzene rings is 2. The van der Waals surface area contributed by atoms with Gasteiger partial charge in [-0.25, -0.2) is 0 Å². The fourth-order valence-corrected chi connectivity index (χ4v) is 3.99. The lowest BCUT2D eigenvalue weighted by molar-refractivity contribution is -0.132. The molecule has 9 heteroatoms. The minimum atomic E-state index is -0.435. The van der Waals surface area contributed by atoms with Crippen molar-refractivity contribution in [3.63, 3.8) is 0 Å². The van der Waals surface area contributed by atoms with Gasteiger partial charge in [-0.2, -0.15) is 9.50 Å². The molecule has 8 nitrogen and oxygen atoms in total. The van der Waals surface area contributed by atoms with Crippen LogP contribution in [-0.2, 0) is 4.79 Å². The maximum Gasteiger partial charge on any atom is 0.308 e. The summed E-state index contributed by atoms with van der Waals surface area (Å²) >= 11 is 1.24. The molecular weight excluding hydrogens is 442 g/mol. The zero-order valence-corrected chi connectivity index (χ0v) is 18.9. The monoisotopic (exact) mass is 463 g/mol. The van der Waals surface area contributed by atoms with Gasteiger partial charge in [0, 0.05) is 12.5 Å². The number of esters is 1. The third-order valence-electron chi connectivity index (χ3n) is 4.48. The van der Waals surface area contributed by atoms with Crippen molar-refractivity contribution in [1.82, 2.24) is 14.6 Å². The summed E-state index contributed by atoms with van der Waals surface area (Å²) in [5.41, 5.74) is 1.25. The Morgan fingerprint density at radius 3 is 2.61 bits per heavy atom. The fourth-order valence-electron chi connectivity index (χ4n) is 3.08. The molecule has 0 bridgehead atoms. The predicted molar refractivity (Wildman–Crippen MR) is 126 cm³/mol. The quantitative estimate of drug-likeness (QED) is 0.225. The van der Waals surface area contributed by atoms with Gasteiger partial charge >= 0.3 is 5.97 Å². The van der Waals surface area contributed by atoms with E-state index in [-0.39, 0.29) is 5.56 Å². The minimum Gasteiger partial charge on any atom is -0.490 e. The summed E-state index contributed by atoms with van der Waals surface area (Å²) in [5.74, 6) is 1.50. The molecule has 2 aromatic carbocycles. The van der Waals surface area contributed by atoms with Crippen molar-refractivity contribution >= 4 is 28.3 Å². The first-order chi connectivity index (χ1) is 16.0. The van der Waals surface area contributed by atoms with Gasteiger partial charge in [0.25, 0.3) is 5.56 Å². The second-order valence-corrected chi connectivity index (χ2v) is 7.91. The van der Waals surface area contributed by atoms with E-state index in [0.717, 1.165) is 11.1 Å². The van der Waals surface area contributed by atoms with Crippen LogP contribution >= 0.6 is 11.3 Å². The van der Waals surface area contributed by atoms with Crippen molar-refractivity contribution in [2.24, 2.45) is 0 Å². The fraction of sp³-hybridized carbons (Fsp3) is 0.167. The first kappa shape index (κ1) is 22.2. The number of carbonyl (C=O) groups excluding carboxylic acids is 1. The van der Waals surface area contributed by atoms with Crippen LogP contribution < -0.4 is 24.3 Å². The molecule has 33 heavy (non-hydrogen) atoms. The first-order valence-corrected chi connectivity index (χ1v) is 11.0. The highest BCUT2D eigenvalue weighted by atomic mass is 32.1. The van der Waals surface area contributed by atoms with Crippen LogP contribution in [0.3, 0.4) is 0 Å². The Morgan fingerprint density at radius 2 is 1.94 bits per heavy atom. The molecule has 0 aliphatic heterocycles. The van der Waals surface area contributed by atoms with Gasteiger partial charge in [-0.3, -0.25) is 9.59 Å². The largest absolute Gasteiger partial charge is 0.490 e. The highest BCUT2D eigenvalue weighted by Crippen LogP contribution is 2.29. The minimum absolute atomic E-state index is 0.262. The lowest BCUT2D eigenvalue weighted by Crippen LogP contribution is -2.23. The third kappa shape index (κ3) is 4.93. The van der Waals surface area contributed by atoms with E-state index in [1.54, 1.807) is 30.4 Å². The van der Waals surface area contributed by atoms with Crippen LogP contribution in [0, 0.1) is 0 Å². The molecule has 0 aliphatic rings. The summed E-state index contributed by atoms with van der Waals surface area (Å²) in [6.45, 7) is 7.62. The Morgan fingerprint density at radius 1 is 1.15 bits per heavy atom. The van der Waals surface area contributed by atoms with Gasteiger partial charge in [0.15, 0.2) is 17.3 Å². The summed E-state index contributed by atoms with van der Waals surface area (Å²) in [6.07, 6.45) is 3.41. The van der Waals surface area contributed by atoms with Crippen LogP contribution in [0.2, 0.25) is 0 Å². The number of rotatable bonds is 8. The molecule has 2 heterocycles. The molecule has 0 saturated heterocycles. The number of ether oxygens (including phenoxy) is 3. The van der Waals surface area contributed by atoms with E-state index in [1.165, 1.54) is 22.8 Å². The summed E-state index contributed by atoms with van der Waals surface area (Å²) in [7, 11) is 0. The molecule has 4 aromatic rings. The van der Waals surface area contributed by atoms with Crippen molar-refractivity contribution < 1.29 is 19.0 Å². The van der Waals surface area contributed by atoms with Crippen molar-refractivity contribution in [2.45, 2.75) is 13.8 Å². The number of carbonyl (C=O) groups is 1. The van der Waals surface area contributed by atoms with Crippen molar-refractivity contribution in [3.8, 4) is 28.6 Å². The molecule has 4 rings (SSSR count). The number of fused-ring (bicyclic) bond motifs is 1. The zero-order chi connectivity index (χ0) is 23.4. The second kappa shape index (κ2) is 9.66. The number of nitrogens with zero attached hydrogens (tertiary/aromatic N) is 3. The highest BCUT2D eigenvalue weighted by molar-refractivity contribution is 7.15. The van der Waals surface area contributed by atoms with E-state index in [2.05, 4.69) is 16.7 Å². The van der Waals surface area contributed by atoms with Crippen LogP contribution in [0.25, 0.3) is 22.4 Å². The Kier molecular flexibility index (Phi) is 6.50. The summed E-state index contributed by atoms with van der Waals surface area (Å²) < 4.78 is 18.0. The Bertz CT molecular complexity index is 1420. The normalized spacial score (nSPS) is 11.5. The molecule has 168 valence electrons. The van der Waals surface area contributed by atoms with E-state index in [1.807, 2.05) is 31.2 Å². The summed E-state index contributed by atoms with van der Waals surface area (Å²) in [4.78, 5) is 29.2. The number of hydrogen-bond donors (Lipinski definition) is 0. The van der Waals surface area contributed by atoms with Gasteiger partial charge in [-0.15, -0.1) is 5.10 Å². The molecule has 0 aliphatic carbocycles. The van der Waals surface area contributed by atoms with Crippen molar-refractivity contribution in [3.05, 3.63) is 75.6 Å². The van der Waals surface area contributed by atoms with Gasteiger partial charge in [-0.1, -0.05) is 30.1 Å². The maximum absolute atomic E-state index is 12.9. The number of aromatic nitrogens is 3. The third-order valence-corrected chi connectivity index (χ3v) is 5.44. The SMILES string of the molecule is C=CCOc1ccc(-c2nc3sc(=Cc4ccc(OC(C)=O)c(OCC)c4)c(=O)n3n2)cc1. The maximum atomic E-state index is 12.9. The van der Waals surface area contributed by atoms with E-state index in [9.17, 15) is 9.59 Å². The van der Waals surface area contributed by atoms with E-state index in [0.29, 0.717) is 45.8 Å². The standard InChI is InChI=1S/C24H21N3O5S/c1-4-12-31-18-9-7-17(8-10-18)22-25-24-27(26-22)23(29)21(33-24)14-16-6-11-19(32-15(3)28)20(13-16)30-5-2/h4,6-11,13-14H,1,5,12H2,2-3H3. The molecule has 0 saturated carbocycles. The molecule has 0 unspecified atom stereocenters. The second-order valence-electron chi connectivity index (χ2n) is 6.90. The number of thiazole rings is 1. The molecule has 0 atom stereocenters. The van der Waals surface area contributed by atoms with Crippen LogP contribution in [-0.4, -0.2) is 33.8 Å². The lowest BCUT2D eigenvalue weighted by atomic mass is 10.2. The molecule has 0 spiro atoms. The van der Waals surface area contributed by atoms with Gasteiger partial charge in [0.2, 0.25) is 4.96 Å². The Labute approximate surface area is 193 Å². The molecule has 0 amide bonds. The average Bonchev–Trinajstić information content (AvgIpc) is 3.34. The first-order valence-electron chi connectivity index (χ1n) is 10.2. The van der Waals surface area contributed by atoms with E-state index >= 15 is 0 Å². The van der Waals surface area contributed by atoms with Gasteiger partial charge in [0.05, 0.1) is 11.1 Å². The van der Waals surface area contributed by atoms with Crippen LogP contribution in [0.1, 0.15) is 19.4 Å². The highest BCUT2D eigenvalue weighted by Gasteiger charge is 2.13. The Balaban J connectivity index is 1.65. The van der Waals surface area contributed by atoms with Crippen molar-refractivity contribution in [1.29, 1.82) is 0 Å².